The number of rotatable bonds is 12. The van der Waals surface area contributed by atoms with Crippen LogP contribution in [0, 0.1) is 0 Å². The van der Waals surface area contributed by atoms with Crippen molar-refractivity contribution in [2.45, 2.75) is 13.2 Å². The molecule has 46 heavy (non-hydrogen) atoms. The van der Waals surface area contributed by atoms with Crippen LogP contribution in [0.5, 0.6) is 23.0 Å². The van der Waals surface area contributed by atoms with Gasteiger partial charge in [0.25, 0.3) is 0 Å². The van der Waals surface area contributed by atoms with Crippen LogP contribution in [0.2, 0.25) is 0 Å². The van der Waals surface area contributed by atoms with E-state index < -0.39 is 10.1 Å². The fourth-order valence-electron chi connectivity index (χ4n) is 5.08. The van der Waals surface area contributed by atoms with Gasteiger partial charge in [-0.3, -0.25) is 0 Å². The van der Waals surface area contributed by atoms with E-state index in [-0.39, 0.29) is 18.1 Å². The Kier molecular flexibility index (Phi) is 9.72. The highest BCUT2D eigenvalue weighted by atomic mass is 32.2. The molecule has 1 N–H and O–H groups in total. The first kappa shape index (κ1) is 32.2. The molecule has 0 heterocycles. The molecule has 0 aliphatic carbocycles. The van der Waals surface area contributed by atoms with E-state index in [2.05, 4.69) is 6.07 Å². The number of benzene rings is 5. The van der Waals surface area contributed by atoms with Gasteiger partial charge in [-0.2, -0.15) is 8.42 Å². The van der Waals surface area contributed by atoms with Gasteiger partial charge in [0.2, 0.25) is 0 Å². The quantitative estimate of drug-likeness (QED) is 0.142. The van der Waals surface area contributed by atoms with Crippen LogP contribution in [0.15, 0.2) is 109 Å². The van der Waals surface area contributed by atoms with E-state index >= 15 is 0 Å². The van der Waals surface area contributed by atoms with Gasteiger partial charge in [0.05, 0.1) is 6.26 Å². The Balaban J connectivity index is 1.52. The molecule has 5 rings (SSSR count). The largest absolute Gasteiger partial charge is 0.504 e. The number of phenolic OH excluding ortho intramolecular Hbond substituents is 1. The topological polar surface area (TPSA) is 88.5 Å². The third-order valence-corrected chi connectivity index (χ3v) is 7.80. The summed E-state index contributed by atoms with van der Waals surface area (Å²) in [6.07, 6.45) is 1.01. The first-order valence-corrected chi connectivity index (χ1v) is 16.5. The zero-order valence-electron chi connectivity index (χ0n) is 26.6. The Bertz CT molecular complexity index is 1910. The van der Waals surface area contributed by atoms with Gasteiger partial charge < -0.3 is 28.6 Å². The lowest BCUT2D eigenvalue weighted by molar-refractivity contribution is 0.289. The van der Waals surface area contributed by atoms with Gasteiger partial charge in [-0.15, -0.1) is 0 Å². The third-order valence-electron chi connectivity index (χ3n) is 7.32. The van der Waals surface area contributed by atoms with E-state index in [1.165, 1.54) is 0 Å². The summed E-state index contributed by atoms with van der Waals surface area (Å²) in [4.78, 5) is 3.99. The molecule has 0 aliphatic heterocycles. The van der Waals surface area contributed by atoms with Crippen LogP contribution < -0.4 is 23.5 Å². The van der Waals surface area contributed by atoms with Crippen LogP contribution in [0.1, 0.15) is 11.1 Å². The van der Waals surface area contributed by atoms with E-state index in [1.54, 1.807) is 24.3 Å². The predicted octanol–water partition coefficient (Wildman–Crippen LogP) is 7.35. The van der Waals surface area contributed by atoms with E-state index in [0.717, 1.165) is 51.0 Å². The van der Waals surface area contributed by atoms with Crippen molar-refractivity contribution in [3.63, 3.8) is 0 Å². The van der Waals surface area contributed by atoms with Gasteiger partial charge in [-0.25, -0.2) is 0 Å². The highest BCUT2D eigenvalue weighted by molar-refractivity contribution is 7.86. The average molecular weight is 639 g/mol. The molecule has 5 aromatic rings. The third kappa shape index (κ3) is 7.92. The van der Waals surface area contributed by atoms with Crippen LogP contribution >= 0.6 is 0 Å². The molecular weight excluding hydrogens is 600 g/mol. The molecule has 238 valence electrons. The molecule has 0 aliphatic rings. The van der Waals surface area contributed by atoms with Crippen LogP contribution in [0.25, 0.3) is 22.3 Å². The van der Waals surface area contributed by atoms with Crippen molar-refractivity contribution >= 4 is 21.5 Å². The molecule has 5 aromatic carbocycles. The van der Waals surface area contributed by atoms with E-state index in [0.29, 0.717) is 18.1 Å². The molecule has 0 unspecified atom stereocenters. The number of hydrogen-bond acceptors (Lipinski definition) is 8. The summed E-state index contributed by atoms with van der Waals surface area (Å²) < 4.78 is 41.8. The first-order chi connectivity index (χ1) is 22.0. The van der Waals surface area contributed by atoms with Gasteiger partial charge in [0.15, 0.2) is 23.0 Å². The molecule has 0 fully saturated rings. The summed E-state index contributed by atoms with van der Waals surface area (Å²) in [6, 6.07) is 34.2. The highest BCUT2D eigenvalue weighted by Crippen LogP contribution is 2.44. The minimum Gasteiger partial charge on any atom is -0.504 e. The van der Waals surface area contributed by atoms with Crippen molar-refractivity contribution in [2.75, 3.05) is 44.2 Å². The van der Waals surface area contributed by atoms with Gasteiger partial charge in [0.1, 0.15) is 13.2 Å². The Labute approximate surface area is 271 Å². The predicted molar refractivity (Wildman–Crippen MR) is 185 cm³/mol. The Morgan fingerprint density at radius 2 is 1.04 bits per heavy atom. The zero-order valence-corrected chi connectivity index (χ0v) is 27.4. The van der Waals surface area contributed by atoms with Crippen molar-refractivity contribution in [2.24, 2.45) is 0 Å². The Hall–Kier alpha value is -5.15. The van der Waals surface area contributed by atoms with Crippen LogP contribution in [-0.4, -0.2) is 48.0 Å². The fraction of sp³-hybridized carbons (Fsp3) is 0.189. The molecule has 0 atom stereocenters. The fourth-order valence-corrected chi connectivity index (χ4v) is 5.54. The molecular formula is C37H38N2O6S. The van der Waals surface area contributed by atoms with Crippen molar-refractivity contribution in [3.05, 3.63) is 120 Å². The van der Waals surface area contributed by atoms with Crippen molar-refractivity contribution < 1.29 is 27.2 Å². The normalized spacial score (nSPS) is 11.2. The number of phenols is 1. The lowest BCUT2D eigenvalue weighted by atomic mass is 9.95. The van der Waals surface area contributed by atoms with Gasteiger partial charge in [-0.05, 0) is 58.7 Å². The maximum absolute atomic E-state index is 12.2. The summed E-state index contributed by atoms with van der Waals surface area (Å²) in [5.41, 5.74) is 7.05. The lowest BCUT2D eigenvalue weighted by Gasteiger charge is -2.25. The Morgan fingerprint density at radius 1 is 0.587 bits per heavy atom. The van der Waals surface area contributed by atoms with Crippen molar-refractivity contribution in [1.82, 2.24) is 0 Å². The zero-order chi connectivity index (χ0) is 32.8. The van der Waals surface area contributed by atoms with E-state index in [4.69, 9.17) is 13.7 Å². The molecule has 8 nitrogen and oxygen atoms in total. The van der Waals surface area contributed by atoms with Gasteiger partial charge in [-0.1, -0.05) is 72.8 Å². The average Bonchev–Trinajstić information content (AvgIpc) is 3.03. The minimum atomic E-state index is -3.83. The van der Waals surface area contributed by atoms with Crippen LogP contribution in [0.4, 0.5) is 11.4 Å². The maximum Gasteiger partial charge on any atom is 0.306 e. The van der Waals surface area contributed by atoms with E-state index in [1.807, 2.05) is 117 Å². The number of ether oxygens (including phenoxy) is 2. The lowest BCUT2D eigenvalue weighted by Crippen LogP contribution is -2.14. The maximum atomic E-state index is 12.2. The van der Waals surface area contributed by atoms with Crippen molar-refractivity contribution in [3.8, 4) is 45.3 Å². The number of aromatic hydroxyl groups is 1. The molecule has 0 saturated heterocycles. The summed E-state index contributed by atoms with van der Waals surface area (Å²) in [5.74, 6) is 0.866. The van der Waals surface area contributed by atoms with Crippen molar-refractivity contribution in [1.29, 1.82) is 0 Å². The first-order valence-electron chi connectivity index (χ1n) is 14.7. The van der Waals surface area contributed by atoms with Gasteiger partial charge >= 0.3 is 10.1 Å². The molecule has 0 amide bonds. The monoisotopic (exact) mass is 638 g/mol. The molecule has 0 aromatic heterocycles. The van der Waals surface area contributed by atoms with Crippen LogP contribution in [0.3, 0.4) is 0 Å². The summed E-state index contributed by atoms with van der Waals surface area (Å²) in [5, 5.41) is 10.9. The summed E-state index contributed by atoms with van der Waals surface area (Å²) in [6.45, 7) is 0.600. The number of anilines is 2. The highest BCUT2D eigenvalue weighted by Gasteiger charge is 2.20. The van der Waals surface area contributed by atoms with E-state index in [9.17, 15) is 13.5 Å². The Morgan fingerprint density at radius 3 is 1.50 bits per heavy atom. The second-order valence-electron chi connectivity index (χ2n) is 11.4. The van der Waals surface area contributed by atoms with Crippen LogP contribution in [-0.2, 0) is 23.3 Å². The molecule has 0 saturated carbocycles. The number of hydrogen-bond donors (Lipinski definition) is 1. The molecule has 0 spiro atoms. The second-order valence-corrected chi connectivity index (χ2v) is 12.9. The number of nitrogens with zero attached hydrogens (tertiary/aromatic N) is 2. The SMILES string of the molecule is CN(C)c1cc(-c2ccc(OCc3ccccc3)c(OS(C)(=O)=O)c2)c(N(C)C)cc1-c1ccc(OCc2ccccc2)c(O)c1. The second kappa shape index (κ2) is 13.9. The molecule has 0 bridgehead atoms. The molecule has 0 radical (unpaired) electrons. The summed E-state index contributed by atoms with van der Waals surface area (Å²) in [7, 11) is 3.96. The summed E-state index contributed by atoms with van der Waals surface area (Å²) >= 11 is 0. The molecule has 9 heteroatoms. The standard InChI is InChI=1S/C37H38N2O6S/c1-38(2)32-23-31(29-17-19-36(37(21-29)45-46(5,41)42)44-25-27-14-10-7-11-15-27)33(39(3)4)22-30(32)28-16-18-35(34(40)20-28)43-24-26-12-8-6-9-13-26/h6-23,40H,24-25H2,1-5H3. The van der Waals surface area contributed by atoms with Gasteiger partial charge in [0, 0.05) is 50.7 Å². The smallest absolute Gasteiger partial charge is 0.306 e. The minimum absolute atomic E-state index is 0.0438.